The Kier molecular flexibility index (Phi) is 5.38. The minimum atomic E-state index is -5.77. The van der Waals surface area contributed by atoms with Crippen molar-refractivity contribution in [2.24, 2.45) is 0 Å². The minimum absolute atomic E-state index is 0. The van der Waals surface area contributed by atoms with Crippen LogP contribution in [0.15, 0.2) is 6.08 Å². The molecule has 8 heteroatoms. The zero-order chi connectivity index (χ0) is 8.41. The molecule has 58 valence electrons. The van der Waals surface area contributed by atoms with Gasteiger partial charge in [-0.25, -0.2) is 13.2 Å². The summed E-state index contributed by atoms with van der Waals surface area (Å²) in [6.07, 6.45) is -0.644. The van der Waals surface area contributed by atoms with Crippen LogP contribution in [0.4, 0.5) is 8.78 Å². The molecule has 0 aromatic heterocycles. The monoisotopic (exact) mass is 194 g/mol. The normalized spacial score (nSPS) is 11.2. The van der Waals surface area contributed by atoms with Crippen molar-refractivity contribution in [2.75, 3.05) is 0 Å². The summed E-state index contributed by atoms with van der Waals surface area (Å²) in [6, 6.07) is 0. The van der Waals surface area contributed by atoms with Gasteiger partial charge >= 0.3 is 34.8 Å². The van der Waals surface area contributed by atoms with E-state index in [1.54, 1.807) is 0 Å². The molecule has 0 aromatic carbocycles. The topological polar surface area (TPSA) is 74.3 Å². The summed E-state index contributed by atoms with van der Waals surface area (Å²) in [5, 5.41) is -4.64. The van der Waals surface area contributed by atoms with Gasteiger partial charge in [0, 0.05) is 0 Å². The van der Waals surface area contributed by atoms with Gasteiger partial charge < -0.3 is 4.55 Å². The van der Waals surface area contributed by atoms with Gasteiger partial charge in [0.05, 0.1) is 6.08 Å². The van der Waals surface area contributed by atoms with Crippen LogP contribution in [-0.4, -0.2) is 24.2 Å². The van der Waals surface area contributed by atoms with Crippen molar-refractivity contribution in [3.63, 3.8) is 0 Å². The Morgan fingerprint density at radius 3 is 1.91 bits per heavy atom. The first kappa shape index (κ1) is 13.8. The van der Waals surface area contributed by atoms with Crippen LogP contribution < -0.4 is 29.6 Å². The molecule has 0 unspecified atom stereocenters. The van der Waals surface area contributed by atoms with Gasteiger partial charge in [-0.1, -0.05) is 0 Å². The maximum absolute atomic E-state index is 11.7. The van der Waals surface area contributed by atoms with Crippen LogP contribution in [0, 0.1) is 0 Å². The number of carbonyl (C=O) groups excluding carboxylic acids is 1. The average Bonchev–Trinajstić information content (AvgIpc) is 1.61. The van der Waals surface area contributed by atoms with E-state index in [2.05, 4.69) is 0 Å². The Morgan fingerprint density at radius 1 is 1.45 bits per heavy atom. The molecule has 0 radical (unpaired) electrons. The van der Waals surface area contributed by atoms with E-state index in [9.17, 15) is 26.5 Å². The minimum Gasteiger partial charge on any atom is -0.743 e. The molecule has 0 bridgehead atoms. The molecule has 0 aliphatic carbocycles. The Hall–Kier alpha value is 0.220. The van der Waals surface area contributed by atoms with E-state index in [0.717, 1.165) is 0 Å². The van der Waals surface area contributed by atoms with Gasteiger partial charge in [-0.05, 0) is 0 Å². The average molecular weight is 194 g/mol. The Labute approximate surface area is 83.3 Å². The fourth-order valence-corrected chi connectivity index (χ4v) is 0.333. The smallest absolute Gasteiger partial charge is 0.743 e. The maximum atomic E-state index is 11.7. The van der Waals surface area contributed by atoms with Crippen LogP contribution in [0.25, 0.3) is 0 Å². The van der Waals surface area contributed by atoms with Crippen molar-refractivity contribution in [1.29, 1.82) is 0 Å². The molecule has 0 saturated heterocycles. The van der Waals surface area contributed by atoms with Gasteiger partial charge in [0.1, 0.15) is 5.94 Å². The van der Waals surface area contributed by atoms with Crippen LogP contribution in [0.2, 0.25) is 0 Å². The summed E-state index contributed by atoms with van der Waals surface area (Å²) in [4.78, 5) is 9.20. The molecule has 0 saturated carbocycles. The zero-order valence-electron chi connectivity index (χ0n) is 5.37. The predicted octanol–water partition coefficient (Wildman–Crippen LogP) is -3.48. The largest absolute Gasteiger partial charge is 1.00 e. The summed E-state index contributed by atoms with van der Waals surface area (Å²) >= 11 is 0. The van der Waals surface area contributed by atoms with Crippen molar-refractivity contribution in [1.82, 2.24) is 0 Å². The summed E-state index contributed by atoms with van der Waals surface area (Å²) in [6.45, 7) is 0. The molecule has 0 spiro atoms. The van der Waals surface area contributed by atoms with Crippen molar-refractivity contribution in [3.05, 3.63) is 6.08 Å². The predicted molar refractivity (Wildman–Crippen MR) is 24.9 cm³/mol. The molecule has 0 heterocycles. The quantitative estimate of drug-likeness (QED) is 0.260. The van der Waals surface area contributed by atoms with Crippen LogP contribution in [-0.2, 0) is 14.9 Å². The van der Waals surface area contributed by atoms with E-state index in [1.807, 2.05) is 0 Å². The van der Waals surface area contributed by atoms with Gasteiger partial charge in [-0.15, -0.1) is 0 Å². The standard InChI is InChI=1S/C3H2F2O4S.Na/c4-3(5,1-2-6)10(7,8)9;/h1H,(H,7,8,9);/q;+1/p-1. The van der Waals surface area contributed by atoms with Gasteiger partial charge in [0.2, 0.25) is 0 Å². The van der Waals surface area contributed by atoms with E-state index in [4.69, 9.17) is 0 Å². The third-order valence-electron chi connectivity index (χ3n) is 0.560. The molecule has 0 atom stereocenters. The molecule has 11 heavy (non-hydrogen) atoms. The SMILES string of the molecule is O=C=CC(F)(F)S(=O)(=O)[O-].[Na+]. The Bertz CT molecular complexity index is 265. The van der Waals surface area contributed by atoms with E-state index < -0.39 is 21.4 Å². The van der Waals surface area contributed by atoms with Crippen LogP contribution in [0.3, 0.4) is 0 Å². The molecule has 0 amide bonds. The first-order valence-electron chi connectivity index (χ1n) is 1.86. The Balaban J connectivity index is 0. The van der Waals surface area contributed by atoms with Gasteiger partial charge in [-0.2, -0.15) is 8.78 Å². The molecule has 0 aromatic rings. The van der Waals surface area contributed by atoms with Crippen molar-refractivity contribution in [2.45, 2.75) is 5.25 Å². The first-order valence-corrected chi connectivity index (χ1v) is 3.27. The molecule has 0 aliphatic heterocycles. The van der Waals surface area contributed by atoms with E-state index >= 15 is 0 Å². The first-order chi connectivity index (χ1) is 4.31. The summed E-state index contributed by atoms with van der Waals surface area (Å²) in [5.74, 6) is 0.510. The van der Waals surface area contributed by atoms with Crippen LogP contribution >= 0.6 is 0 Å². The second-order valence-corrected chi connectivity index (χ2v) is 2.73. The maximum Gasteiger partial charge on any atom is 1.00 e. The van der Waals surface area contributed by atoms with Gasteiger partial charge in [-0.3, -0.25) is 0 Å². The van der Waals surface area contributed by atoms with Crippen molar-refractivity contribution in [3.8, 4) is 0 Å². The molecule has 0 N–H and O–H groups in total. The fraction of sp³-hybridized carbons (Fsp3) is 0.333. The van der Waals surface area contributed by atoms with Crippen LogP contribution in [0.5, 0.6) is 0 Å². The van der Waals surface area contributed by atoms with Crippen molar-refractivity contribution < 1.29 is 56.1 Å². The number of hydrogen-bond donors (Lipinski definition) is 0. The second-order valence-electron chi connectivity index (χ2n) is 1.28. The molecule has 4 nitrogen and oxygen atoms in total. The third-order valence-corrected chi connectivity index (χ3v) is 1.34. The second kappa shape index (κ2) is 4.30. The molecule has 0 aliphatic rings. The van der Waals surface area contributed by atoms with E-state index in [0.29, 0.717) is 5.94 Å². The number of hydrogen-bond acceptors (Lipinski definition) is 4. The number of rotatable bonds is 2. The van der Waals surface area contributed by atoms with Gasteiger partial charge in [0.25, 0.3) is 0 Å². The molecular weight excluding hydrogens is 193 g/mol. The molecule has 0 fully saturated rings. The third kappa shape index (κ3) is 3.95. The number of alkyl halides is 2. The number of halogens is 2. The van der Waals surface area contributed by atoms with Crippen LogP contribution in [0.1, 0.15) is 0 Å². The van der Waals surface area contributed by atoms with Gasteiger partial charge in [0.15, 0.2) is 10.1 Å². The van der Waals surface area contributed by atoms with E-state index in [1.165, 1.54) is 0 Å². The fourth-order valence-electron chi connectivity index (χ4n) is 0.141. The summed E-state index contributed by atoms with van der Waals surface area (Å²) in [5.41, 5.74) is 0. The molecule has 0 rings (SSSR count). The summed E-state index contributed by atoms with van der Waals surface area (Å²) < 4.78 is 52.0. The van der Waals surface area contributed by atoms with Crippen molar-refractivity contribution >= 4 is 16.1 Å². The zero-order valence-corrected chi connectivity index (χ0v) is 8.19. The summed E-state index contributed by atoms with van der Waals surface area (Å²) in [7, 11) is -5.77. The molecular formula is C3HF2NaO4S. The van der Waals surface area contributed by atoms with E-state index in [-0.39, 0.29) is 29.6 Å². The Morgan fingerprint density at radius 2 is 1.82 bits per heavy atom.